The van der Waals surface area contributed by atoms with Gasteiger partial charge in [-0.2, -0.15) is 0 Å². The molecule has 3 atom stereocenters. The van der Waals surface area contributed by atoms with Crippen LogP contribution in [0.4, 0.5) is 4.79 Å². The highest BCUT2D eigenvalue weighted by molar-refractivity contribution is 5.74. The number of amides is 2. The predicted octanol–water partition coefficient (Wildman–Crippen LogP) is 4.00. The van der Waals surface area contributed by atoms with Gasteiger partial charge in [-0.3, -0.25) is 4.90 Å². The lowest BCUT2D eigenvalue weighted by Crippen LogP contribution is -2.68. The van der Waals surface area contributed by atoms with Crippen molar-refractivity contribution >= 4 is 6.03 Å². The first-order chi connectivity index (χ1) is 15.0. The van der Waals surface area contributed by atoms with Crippen molar-refractivity contribution in [1.29, 1.82) is 0 Å². The third-order valence-electron chi connectivity index (χ3n) is 6.72. The van der Waals surface area contributed by atoms with E-state index < -0.39 is 0 Å². The Morgan fingerprint density at radius 3 is 2.52 bits per heavy atom. The van der Waals surface area contributed by atoms with E-state index in [0.29, 0.717) is 6.54 Å². The van der Waals surface area contributed by atoms with Gasteiger partial charge < -0.3 is 15.3 Å². The molecule has 0 unspecified atom stereocenters. The summed E-state index contributed by atoms with van der Waals surface area (Å²) in [5, 5.41) is 13.2. The normalized spacial score (nSPS) is 24.2. The second-order valence-corrected chi connectivity index (χ2v) is 9.33. The third kappa shape index (κ3) is 4.63. The molecule has 5 nitrogen and oxygen atoms in total. The molecule has 0 spiro atoms. The molecule has 2 heterocycles. The maximum Gasteiger partial charge on any atom is 0.317 e. The third-order valence-corrected chi connectivity index (χ3v) is 6.72. The Morgan fingerprint density at radius 2 is 1.84 bits per heavy atom. The number of aryl methyl sites for hydroxylation is 1. The number of rotatable bonds is 4. The van der Waals surface area contributed by atoms with Gasteiger partial charge >= 0.3 is 6.03 Å². The van der Waals surface area contributed by atoms with Crippen molar-refractivity contribution < 1.29 is 9.90 Å². The standard InChI is InChI=1S/C26H35N3O2/c1-18(2)27-26(31)28-13-4-5-14-29-23(16-28)25(24(29)17-30)21-11-9-20(10-12-21)22-8-6-7-19(3)15-22/h6-12,15,18,23-25,30H,4-5,13-14,16-17H2,1-3H3,(H,27,31)/t23-,24+,25+/m1/s1. The summed E-state index contributed by atoms with van der Waals surface area (Å²) in [4.78, 5) is 17.1. The van der Waals surface area contributed by atoms with Crippen LogP contribution in [0.25, 0.3) is 11.1 Å². The summed E-state index contributed by atoms with van der Waals surface area (Å²) in [5.74, 6) is 0.240. The van der Waals surface area contributed by atoms with Gasteiger partial charge in [0.1, 0.15) is 0 Å². The van der Waals surface area contributed by atoms with Crippen molar-refractivity contribution in [1.82, 2.24) is 15.1 Å². The largest absolute Gasteiger partial charge is 0.395 e. The molecule has 2 aromatic rings. The molecule has 2 aliphatic heterocycles. The molecule has 166 valence electrons. The molecule has 0 radical (unpaired) electrons. The minimum atomic E-state index is 0.0258. The Bertz CT molecular complexity index is 896. The Labute approximate surface area is 186 Å². The van der Waals surface area contributed by atoms with Gasteiger partial charge in [0.05, 0.1) is 6.61 Å². The monoisotopic (exact) mass is 421 g/mol. The van der Waals surface area contributed by atoms with Gasteiger partial charge in [-0.25, -0.2) is 4.79 Å². The van der Waals surface area contributed by atoms with Gasteiger partial charge in [0, 0.05) is 37.1 Å². The van der Waals surface area contributed by atoms with Crippen LogP contribution >= 0.6 is 0 Å². The number of hydrogen-bond acceptors (Lipinski definition) is 3. The van der Waals surface area contributed by atoms with Crippen LogP contribution < -0.4 is 5.32 Å². The molecule has 0 aliphatic carbocycles. The van der Waals surface area contributed by atoms with Crippen LogP contribution in [0.3, 0.4) is 0 Å². The van der Waals surface area contributed by atoms with Crippen molar-refractivity contribution in [3.8, 4) is 11.1 Å². The average Bonchev–Trinajstić information content (AvgIpc) is 2.72. The number of aliphatic hydroxyl groups excluding tert-OH is 1. The summed E-state index contributed by atoms with van der Waals surface area (Å²) in [6, 6.07) is 17.9. The summed E-state index contributed by atoms with van der Waals surface area (Å²) in [6.07, 6.45) is 2.06. The summed E-state index contributed by atoms with van der Waals surface area (Å²) in [6.45, 7) is 8.76. The van der Waals surface area contributed by atoms with Crippen LogP contribution in [-0.4, -0.2) is 65.3 Å². The number of fused-ring (bicyclic) bond motifs is 1. The highest BCUT2D eigenvalue weighted by atomic mass is 16.3. The van der Waals surface area contributed by atoms with Crippen LogP contribution in [0.2, 0.25) is 0 Å². The van der Waals surface area contributed by atoms with E-state index in [1.807, 2.05) is 18.7 Å². The van der Waals surface area contributed by atoms with Gasteiger partial charge in [0.25, 0.3) is 0 Å². The Balaban J connectivity index is 1.55. The van der Waals surface area contributed by atoms with E-state index in [-0.39, 0.29) is 36.7 Å². The van der Waals surface area contributed by atoms with E-state index in [1.165, 1.54) is 22.3 Å². The summed E-state index contributed by atoms with van der Waals surface area (Å²) in [5.41, 5.74) is 4.94. The number of aliphatic hydroxyl groups is 1. The molecule has 2 fully saturated rings. The van der Waals surface area contributed by atoms with Gasteiger partial charge in [-0.15, -0.1) is 0 Å². The maximum atomic E-state index is 12.7. The molecule has 0 aromatic heterocycles. The van der Waals surface area contributed by atoms with Gasteiger partial charge in [0.15, 0.2) is 0 Å². The Kier molecular flexibility index (Phi) is 6.63. The zero-order valence-corrected chi connectivity index (χ0v) is 18.9. The number of carbonyl (C=O) groups excluding carboxylic acids is 1. The highest BCUT2D eigenvalue weighted by Crippen LogP contribution is 2.42. The molecule has 2 aliphatic rings. The van der Waals surface area contributed by atoms with Crippen molar-refractivity contribution in [2.45, 2.75) is 57.7 Å². The maximum absolute atomic E-state index is 12.7. The molecule has 31 heavy (non-hydrogen) atoms. The number of nitrogens with zero attached hydrogens (tertiary/aromatic N) is 2. The highest BCUT2D eigenvalue weighted by Gasteiger charge is 2.49. The lowest BCUT2D eigenvalue weighted by molar-refractivity contribution is -0.0591. The number of nitrogens with one attached hydrogen (secondary N) is 1. The zero-order valence-electron chi connectivity index (χ0n) is 18.9. The van der Waals surface area contributed by atoms with Crippen LogP contribution in [0.1, 0.15) is 43.7 Å². The molecule has 4 rings (SSSR count). The summed E-state index contributed by atoms with van der Waals surface area (Å²) >= 11 is 0. The number of urea groups is 1. The summed E-state index contributed by atoms with van der Waals surface area (Å²) < 4.78 is 0. The van der Waals surface area contributed by atoms with Gasteiger partial charge in [-0.05, 0) is 56.8 Å². The SMILES string of the molecule is Cc1cccc(-c2ccc([C@H]3[C@H]4CN(C(=O)NC(C)C)CCCCN4[C@H]3CO)cc2)c1. The topological polar surface area (TPSA) is 55.8 Å². The molecular weight excluding hydrogens is 386 g/mol. The fourth-order valence-corrected chi connectivity index (χ4v) is 5.19. The van der Waals surface area contributed by atoms with Crippen LogP contribution in [0.5, 0.6) is 0 Å². The lowest BCUT2D eigenvalue weighted by atomic mass is 9.74. The summed E-state index contributed by atoms with van der Waals surface area (Å²) in [7, 11) is 0. The number of carbonyl (C=O) groups is 1. The van der Waals surface area contributed by atoms with E-state index in [1.54, 1.807) is 0 Å². The Morgan fingerprint density at radius 1 is 1.10 bits per heavy atom. The van der Waals surface area contributed by atoms with E-state index >= 15 is 0 Å². The second-order valence-electron chi connectivity index (χ2n) is 9.33. The van der Waals surface area contributed by atoms with E-state index in [2.05, 4.69) is 65.7 Å². The molecule has 2 saturated heterocycles. The quantitative estimate of drug-likeness (QED) is 0.784. The molecule has 2 aromatic carbocycles. The minimum absolute atomic E-state index is 0.0258. The van der Waals surface area contributed by atoms with Crippen molar-refractivity contribution in [3.05, 3.63) is 59.7 Å². The van der Waals surface area contributed by atoms with Crippen LogP contribution in [-0.2, 0) is 0 Å². The first-order valence-electron chi connectivity index (χ1n) is 11.6. The van der Waals surface area contributed by atoms with Crippen molar-refractivity contribution in [2.75, 3.05) is 26.2 Å². The molecule has 2 N–H and O–H groups in total. The fraction of sp³-hybridized carbons (Fsp3) is 0.500. The molecule has 5 heteroatoms. The average molecular weight is 422 g/mol. The smallest absolute Gasteiger partial charge is 0.317 e. The first-order valence-corrected chi connectivity index (χ1v) is 11.6. The fourth-order valence-electron chi connectivity index (χ4n) is 5.19. The van der Waals surface area contributed by atoms with E-state index in [0.717, 1.165) is 25.9 Å². The lowest BCUT2D eigenvalue weighted by Gasteiger charge is -2.57. The van der Waals surface area contributed by atoms with Crippen LogP contribution in [0.15, 0.2) is 48.5 Å². The minimum Gasteiger partial charge on any atom is -0.395 e. The predicted molar refractivity (Wildman–Crippen MR) is 125 cm³/mol. The van der Waals surface area contributed by atoms with Crippen LogP contribution in [0, 0.1) is 6.92 Å². The van der Waals surface area contributed by atoms with Crippen molar-refractivity contribution in [3.63, 3.8) is 0 Å². The molecule has 0 bridgehead atoms. The second kappa shape index (κ2) is 9.41. The van der Waals surface area contributed by atoms with E-state index in [4.69, 9.17) is 0 Å². The number of benzene rings is 2. The van der Waals surface area contributed by atoms with Gasteiger partial charge in [-0.1, -0.05) is 54.1 Å². The number of hydrogen-bond donors (Lipinski definition) is 2. The Hall–Kier alpha value is -2.37. The van der Waals surface area contributed by atoms with Gasteiger partial charge in [0.2, 0.25) is 0 Å². The first kappa shape index (κ1) is 21.8. The zero-order chi connectivity index (χ0) is 22.0. The molecular formula is C26H35N3O2. The van der Waals surface area contributed by atoms with Crippen molar-refractivity contribution in [2.24, 2.45) is 0 Å². The molecule has 2 amide bonds. The molecule has 0 saturated carbocycles. The van der Waals surface area contributed by atoms with E-state index in [9.17, 15) is 9.90 Å².